The van der Waals surface area contributed by atoms with E-state index in [0.29, 0.717) is 0 Å². The van der Waals surface area contributed by atoms with Gasteiger partial charge in [-0.3, -0.25) is 9.05 Å². The van der Waals surface area contributed by atoms with E-state index in [1.54, 1.807) is 41.5 Å². The Balaban J connectivity index is -0.000000109. The average Bonchev–Trinajstić information content (AvgIpc) is 2.62. The highest BCUT2D eigenvalue weighted by Gasteiger charge is 2.33. The van der Waals surface area contributed by atoms with Gasteiger partial charge in [-0.15, -0.1) is 0 Å². The maximum atomic E-state index is 11.4. The zero-order valence-corrected chi connectivity index (χ0v) is 24.8. The first-order chi connectivity index (χ1) is 15.1. The van der Waals surface area contributed by atoms with Gasteiger partial charge in [0.15, 0.2) is 0 Å². The van der Waals surface area contributed by atoms with Crippen LogP contribution in [-0.4, -0.2) is 42.3 Å². The Morgan fingerprint density at radius 3 is 0.818 bits per heavy atom. The number of rotatable bonds is 10. The van der Waals surface area contributed by atoms with E-state index in [4.69, 9.17) is 32.0 Å². The molecule has 0 spiro atoms. The number of hydrogen-bond donors (Lipinski definition) is 5. The van der Waals surface area contributed by atoms with Crippen molar-refractivity contribution in [3.05, 3.63) is 0 Å². The molecule has 0 rings (SSSR count). The van der Waals surface area contributed by atoms with Crippen LogP contribution in [0.1, 0.15) is 121 Å². The summed E-state index contributed by atoms with van der Waals surface area (Å²) in [6, 6.07) is 0. The van der Waals surface area contributed by atoms with Crippen molar-refractivity contribution >= 4 is 7.82 Å². The van der Waals surface area contributed by atoms with Gasteiger partial charge in [-0.1, -0.05) is 53.4 Å². The van der Waals surface area contributed by atoms with Crippen LogP contribution in [0.5, 0.6) is 0 Å². The molecule has 9 N–H and O–H groups in total. The summed E-state index contributed by atoms with van der Waals surface area (Å²) in [4.78, 5) is 9.30. The van der Waals surface area contributed by atoms with Crippen LogP contribution in [0.15, 0.2) is 0 Å². The van der Waals surface area contributed by atoms with Gasteiger partial charge >= 0.3 is 7.82 Å². The number of nitrogens with two attached hydrogens (primary N) is 4. The molecule has 0 saturated carbocycles. The Kier molecular flexibility index (Phi) is 39.1. The van der Waals surface area contributed by atoms with Gasteiger partial charge in [0.25, 0.3) is 0 Å². The van der Waals surface area contributed by atoms with Crippen LogP contribution in [0, 0.1) is 0 Å². The molecule has 0 aromatic rings. The van der Waals surface area contributed by atoms with Gasteiger partial charge in [0.1, 0.15) is 0 Å². The Hall–Kier alpha value is -0.0500. The van der Waals surface area contributed by atoms with E-state index in [2.05, 4.69) is 27.7 Å². The largest absolute Gasteiger partial charge is 0.473 e. The van der Waals surface area contributed by atoms with E-state index >= 15 is 0 Å². The normalized spacial score (nSPS) is 10.9. The van der Waals surface area contributed by atoms with Crippen LogP contribution in [0.2, 0.25) is 0 Å². The number of phosphoric ester groups is 1. The van der Waals surface area contributed by atoms with Gasteiger partial charge in [-0.05, 0) is 93.4 Å². The average molecular weight is 503 g/mol. The molecule has 0 aliphatic carbocycles. The van der Waals surface area contributed by atoms with Crippen molar-refractivity contribution in [3.63, 3.8) is 0 Å². The molecular formula is C24H63N4O4P. The molecule has 0 bridgehead atoms. The Bertz CT molecular complexity index is 336. The third kappa shape index (κ3) is 72.0. The minimum atomic E-state index is -3.94. The molecule has 0 aliphatic rings. The fourth-order valence-electron chi connectivity index (χ4n) is 1.53. The third-order valence-corrected chi connectivity index (χ3v) is 4.57. The molecule has 33 heavy (non-hydrogen) atoms. The zero-order valence-electron chi connectivity index (χ0n) is 23.9. The van der Waals surface area contributed by atoms with Crippen molar-refractivity contribution < 1.29 is 18.5 Å². The first-order valence-electron chi connectivity index (χ1n) is 12.6. The van der Waals surface area contributed by atoms with Crippen LogP contribution in [-0.2, 0) is 13.6 Å². The van der Waals surface area contributed by atoms with E-state index in [1.165, 1.54) is 51.4 Å². The summed E-state index contributed by atoms with van der Waals surface area (Å²) in [5.74, 6) is 0. The second-order valence-corrected chi connectivity index (χ2v) is 10.7. The standard InChI is InChI=1S/C8H19O4P.4C4H11N/c1-7(2,3)11-13(9,10)12-8(4,5)6;4*1-2-3-4-5/h1-6H3,(H,9,10);4*2-5H2,1H3. The maximum absolute atomic E-state index is 11.4. The minimum absolute atomic E-state index is 0.685. The summed E-state index contributed by atoms with van der Waals surface area (Å²) in [5, 5.41) is 0. The summed E-state index contributed by atoms with van der Waals surface area (Å²) >= 11 is 0. The topological polar surface area (TPSA) is 160 Å². The molecule has 0 fully saturated rings. The van der Waals surface area contributed by atoms with Crippen molar-refractivity contribution in [1.29, 1.82) is 0 Å². The second kappa shape index (κ2) is 30.0. The Morgan fingerprint density at radius 2 is 0.758 bits per heavy atom. The lowest BCUT2D eigenvalue weighted by atomic mass is 10.2. The Morgan fingerprint density at radius 1 is 0.576 bits per heavy atom. The molecule has 0 radical (unpaired) electrons. The quantitative estimate of drug-likeness (QED) is 0.238. The van der Waals surface area contributed by atoms with Crippen molar-refractivity contribution in [3.8, 4) is 0 Å². The highest BCUT2D eigenvalue weighted by molar-refractivity contribution is 7.47. The lowest BCUT2D eigenvalue weighted by Gasteiger charge is -2.27. The lowest BCUT2D eigenvalue weighted by molar-refractivity contribution is 0.0187. The van der Waals surface area contributed by atoms with E-state index in [0.717, 1.165) is 26.2 Å². The summed E-state index contributed by atoms with van der Waals surface area (Å²) < 4.78 is 21.1. The maximum Gasteiger partial charge on any atom is 0.473 e. The summed E-state index contributed by atoms with van der Waals surface area (Å²) in [6.45, 7) is 22.1. The van der Waals surface area contributed by atoms with Crippen molar-refractivity contribution in [2.75, 3.05) is 26.2 Å². The monoisotopic (exact) mass is 502 g/mol. The van der Waals surface area contributed by atoms with Crippen LogP contribution in [0.25, 0.3) is 0 Å². The predicted molar refractivity (Wildman–Crippen MR) is 147 cm³/mol. The molecule has 8 nitrogen and oxygen atoms in total. The molecule has 0 aliphatic heterocycles. The van der Waals surface area contributed by atoms with Crippen LogP contribution >= 0.6 is 7.82 Å². The number of hydrogen-bond acceptors (Lipinski definition) is 7. The fourth-order valence-corrected chi connectivity index (χ4v) is 2.95. The van der Waals surface area contributed by atoms with Gasteiger partial charge in [-0.2, -0.15) is 0 Å². The van der Waals surface area contributed by atoms with E-state index < -0.39 is 19.0 Å². The summed E-state index contributed by atoms with van der Waals surface area (Å²) in [7, 11) is -3.94. The highest BCUT2D eigenvalue weighted by Crippen LogP contribution is 2.50. The van der Waals surface area contributed by atoms with Crippen molar-refractivity contribution in [2.45, 2.75) is 132 Å². The van der Waals surface area contributed by atoms with E-state index in [9.17, 15) is 9.46 Å². The van der Waals surface area contributed by atoms with Gasteiger partial charge < -0.3 is 27.8 Å². The molecule has 9 heteroatoms. The third-order valence-electron chi connectivity index (χ3n) is 3.01. The molecule has 0 aromatic heterocycles. The van der Waals surface area contributed by atoms with Crippen LogP contribution in [0.3, 0.4) is 0 Å². The smallest absolute Gasteiger partial charge is 0.330 e. The molecule has 0 atom stereocenters. The van der Waals surface area contributed by atoms with Crippen LogP contribution in [0.4, 0.5) is 0 Å². The van der Waals surface area contributed by atoms with E-state index in [-0.39, 0.29) is 0 Å². The first-order valence-corrected chi connectivity index (χ1v) is 14.1. The van der Waals surface area contributed by atoms with Gasteiger partial charge in [0.05, 0.1) is 11.2 Å². The molecular weight excluding hydrogens is 439 g/mol. The second-order valence-electron chi connectivity index (χ2n) is 9.44. The zero-order chi connectivity index (χ0) is 27.4. The number of phosphoric acid groups is 1. The molecule has 208 valence electrons. The molecule has 0 aromatic carbocycles. The van der Waals surface area contributed by atoms with Gasteiger partial charge in [0, 0.05) is 0 Å². The number of unbranched alkanes of at least 4 members (excludes halogenated alkanes) is 4. The highest BCUT2D eigenvalue weighted by atomic mass is 31.2. The van der Waals surface area contributed by atoms with Crippen molar-refractivity contribution in [2.24, 2.45) is 22.9 Å². The summed E-state index contributed by atoms with van der Waals surface area (Å²) in [6.07, 6.45) is 9.54. The SMILES string of the molecule is CC(C)(C)OP(=O)(O)OC(C)(C)C.CCCCN.CCCCN.CCCCN.CCCCN. The first kappa shape index (κ1) is 43.1. The molecule has 0 unspecified atom stereocenters. The molecule has 0 amide bonds. The Labute approximate surface area is 207 Å². The van der Waals surface area contributed by atoms with E-state index in [1.807, 2.05) is 0 Å². The minimum Gasteiger partial charge on any atom is -0.330 e. The van der Waals surface area contributed by atoms with Gasteiger partial charge in [0.2, 0.25) is 0 Å². The molecule has 0 heterocycles. The fraction of sp³-hybridized carbons (Fsp3) is 1.00. The molecule has 0 saturated heterocycles. The lowest BCUT2D eigenvalue weighted by Crippen LogP contribution is -2.23. The summed E-state index contributed by atoms with van der Waals surface area (Å²) in [5.41, 5.74) is 19.2. The van der Waals surface area contributed by atoms with Gasteiger partial charge in [-0.25, -0.2) is 4.57 Å². The predicted octanol–water partition coefficient (Wildman–Crippen LogP) is 5.70. The van der Waals surface area contributed by atoms with Crippen LogP contribution < -0.4 is 22.9 Å². The van der Waals surface area contributed by atoms with Crippen molar-refractivity contribution in [1.82, 2.24) is 0 Å².